The van der Waals surface area contributed by atoms with E-state index >= 15 is 0 Å². The summed E-state index contributed by atoms with van der Waals surface area (Å²) in [5, 5.41) is 12.2. The van der Waals surface area contributed by atoms with Crippen LogP contribution >= 0.6 is 23.1 Å². The molecular formula is C21H21N3O7S2. The molecule has 3 aliphatic rings. The zero-order valence-corrected chi connectivity index (χ0v) is 19.2. The number of aromatic hydroxyl groups is 1. The number of thioether (sulfide) groups is 1. The van der Waals surface area contributed by atoms with E-state index in [1.165, 1.54) is 17.7 Å². The van der Waals surface area contributed by atoms with Crippen LogP contribution in [0.1, 0.15) is 16.4 Å². The highest BCUT2D eigenvalue weighted by Gasteiger charge is 2.53. The van der Waals surface area contributed by atoms with E-state index in [2.05, 4.69) is 5.32 Å². The van der Waals surface area contributed by atoms with Gasteiger partial charge in [0, 0.05) is 23.9 Å². The third kappa shape index (κ3) is 3.71. The first-order chi connectivity index (χ1) is 15.9. The van der Waals surface area contributed by atoms with Crippen LogP contribution in [-0.4, -0.2) is 71.0 Å². The average Bonchev–Trinajstić information content (AvgIpc) is 3.28. The number of amides is 3. The first-order valence-corrected chi connectivity index (χ1v) is 12.1. The number of rotatable bonds is 4. The van der Waals surface area contributed by atoms with Gasteiger partial charge in [-0.2, -0.15) is 0 Å². The van der Waals surface area contributed by atoms with E-state index in [-0.39, 0.29) is 28.8 Å². The molecule has 2 N–H and O–H groups in total. The van der Waals surface area contributed by atoms with Crippen LogP contribution in [0.25, 0.3) is 0 Å². The third-order valence-corrected chi connectivity index (χ3v) is 8.72. The summed E-state index contributed by atoms with van der Waals surface area (Å²) in [5.74, 6) is -2.16. The number of morpholine rings is 1. The molecular weight excluding hydrogens is 470 g/mol. The lowest BCUT2D eigenvalue weighted by molar-refractivity contribution is -0.136. The van der Waals surface area contributed by atoms with E-state index in [9.17, 15) is 24.3 Å². The highest BCUT2D eigenvalue weighted by Crippen LogP contribution is 2.52. The van der Waals surface area contributed by atoms with Crippen LogP contribution in [0.3, 0.4) is 0 Å². The molecule has 33 heavy (non-hydrogen) atoms. The Kier molecular flexibility index (Phi) is 5.67. The molecule has 1 aromatic carbocycles. The molecule has 0 bridgehead atoms. The number of aromatic nitrogens is 1. The van der Waals surface area contributed by atoms with Gasteiger partial charge in [0.2, 0.25) is 17.7 Å². The van der Waals surface area contributed by atoms with Crippen molar-refractivity contribution in [2.75, 3.05) is 33.4 Å². The molecule has 0 aliphatic carbocycles. The number of phenolic OH excluding ortho intramolecular Hbond substituents is 1. The number of phenols is 1. The summed E-state index contributed by atoms with van der Waals surface area (Å²) in [5.41, 5.74) is 0.638. The summed E-state index contributed by atoms with van der Waals surface area (Å²) in [4.78, 5) is 53.1. The Morgan fingerprint density at radius 3 is 2.73 bits per heavy atom. The molecule has 12 heteroatoms. The van der Waals surface area contributed by atoms with Crippen LogP contribution < -0.4 is 14.9 Å². The van der Waals surface area contributed by atoms with Gasteiger partial charge < -0.3 is 19.5 Å². The second kappa shape index (κ2) is 8.50. The minimum atomic E-state index is -0.728. The highest BCUT2D eigenvalue weighted by atomic mass is 32.2. The fourth-order valence-electron chi connectivity index (χ4n) is 4.47. The van der Waals surface area contributed by atoms with E-state index in [0.29, 0.717) is 41.8 Å². The van der Waals surface area contributed by atoms with Gasteiger partial charge in [0.1, 0.15) is 11.8 Å². The normalized spacial score (nSPS) is 24.3. The van der Waals surface area contributed by atoms with E-state index in [1.807, 2.05) is 0 Å². The van der Waals surface area contributed by atoms with Crippen molar-refractivity contribution in [3.05, 3.63) is 38.3 Å². The minimum absolute atomic E-state index is 0.0583. The number of carbonyl (C=O) groups is 3. The first kappa shape index (κ1) is 22.0. The molecule has 0 radical (unpaired) electrons. The maximum absolute atomic E-state index is 13.0. The number of fused-ring (bicyclic) bond motifs is 2. The van der Waals surface area contributed by atoms with Gasteiger partial charge in [0.15, 0.2) is 11.5 Å². The molecule has 3 aliphatic heterocycles. The predicted octanol–water partition coefficient (Wildman–Crippen LogP) is 0.362. The summed E-state index contributed by atoms with van der Waals surface area (Å²) in [6, 6.07) is 4.73. The number of nitrogens with one attached hydrogen (secondary N) is 1. The van der Waals surface area contributed by atoms with Gasteiger partial charge in [-0.25, -0.2) is 0 Å². The Bertz CT molecular complexity index is 1200. The molecule has 5 rings (SSSR count). The van der Waals surface area contributed by atoms with Crippen molar-refractivity contribution in [3.63, 3.8) is 0 Å². The lowest BCUT2D eigenvalue weighted by Gasteiger charge is -2.31. The van der Waals surface area contributed by atoms with Crippen LogP contribution in [0.5, 0.6) is 11.5 Å². The van der Waals surface area contributed by atoms with Crippen LogP contribution in [0.15, 0.2) is 28.0 Å². The van der Waals surface area contributed by atoms with E-state index < -0.39 is 28.9 Å². The highest BCUT2D eigenvalue weighted by molar-refractivity contribution is 8.00. The lowest BCUT2D eigenvalue weighted by Crippen LogP contribution is -2.43. The van der Waals surface area contributed by atoms with Crippen molar-refractivity contribution in [2.45, 2.75) is 22.7 Å². The van der Waals surface area contributed by atoms with Crippen LogP contribution in [0, 0.1) is 5.92 Å². The second-order valence-electron chi connectivity index (χ2n) is 7.94. The fraction of sp³-hybridized carbons (Fsp3) is 0.429. The molecule has 2 aromatic rings. The van der Waals surface area contributed by atoms with Crippen molar-refractivity contribution in [1.29, 1.82) is 0 Å². The molecule has 1 aromatic heterocycles. The summed E-state index contributed by atoms with van der Waals surface area (Å²) >= 11 is 2.13. The molecule has 3 amide bonds. The number of nitrogens with zero attached hydrogens (tertiary/aromatic N) is 2. The van der Waals surface area contributed by atoms with Crippen LogP contribution in [-0.2, 0) is 25.7 Å². The molecule has 4 heterocycles. The Balaban J connectivity index is 1.58. The average molecular weight is 492 g/mol. The van der Waals surface area contributed by atoms with Gasteiger partial charge in [-0.15, -0.1) is 0 Å². The van der Waals surface area contributed by atoms with E-state index in [1.54, 1.807) is 17.0 Å². The molecule has 3 unspecified atom stereocenters. The number of benzene rings is 1. The lowest BCUT2D eigenvalue weighted by atomic mass is 9.83. The summed E-state index contributed by atoms with van der Waals surface area (Å²) in [7, 11) is 1.42. The van der Waals surface area contributed by atoms with Crippen LogP contribution in [0.4, 0.5) is 0 Å². The number of carbonyl (C=O) groups excluding carboxylic acids is 3. The fourth-order valence-corrected chi connectivity index (χ4v) is 7.21. The topological polar surface area (TPSA) is 127 Å². The molecule has 2 fully saturated rings. The van der Waals surface area contributed by atoms with Crippen LogP contribution in [0.2, 0.25) is 0 Å². The van der Waals surface area contributed by atoms with E-state index in [0.717, 1.165) is 23.1 Å². The van der Waals surface area contributed by atoms with Gasteiger partial charge in [-0.05, 0) is 17.7 Å². The quantitative estimate of drug-likeness (QED) is 0.587. The van der Waals surface area contributed by atoms with Gasteiger partial charge >= 0.3 is 4.87 Å². The summed E-state index contributed by atoms with van der Waals surface area (Å²) in [6.07, 6.45) is 0. The summed E-state index contributed by atoms with van der Waals surface area (Å²) < 4.78 is 11.9. The number of hydrogen-bond acceptors (Lipinski definition) is 9. The predicted molar refractivity (Wildman–Crippen MR) is 119 cm³/mol. The molecule has 10 nitrogen and oxygen atoms in total. The Morgan fingerprint density at radius 2 is 2.00 bits per heavy atom. The number of hydrogen-bond donors (Lipinski definition) is 2. The molecule has 0 spiro atoms. The standard InChI is InChI=1S/C21H21N3O7S2/c1-30-12-8-10(2-3-11(12)25)14-15-16(19(28)22-18(15)27)32-20-17(14)33-21(29)24(20)9-13(26)23-4-6-31-7-5-23/h2-3,8,14-16,25H,4-7,9H2,1H3,(H,22,27,28). The summed E-state index contributed by atoms with van der Waals surface area (Å²) in [6.45, 7) is 1.69. The minimum Gasteiger partial charge on any atom is -0.504 e. The number of methoxy groups -OCH3 is 1. The van der Waals surface area contributed by atoms with Gasteiger partial charge in [-0.3, -0.25) is 29.1 Å². The second-order valence-corrected chi connectivity index (χ2v) is 10.1. The maximum Gasteiger partial charge on any atom is 0.308 e. The van der Waals surface area contributed by atoms with Crippen molar-refractivity contribution < 1.29 is 29.0 Å². The van der Waals surface area contributed by atoms with E-state index in [4.69, 9.17) is 9.47 Å². The largest absolute Gasteiger partial charge is 0.504 e. The number of imide groups is 1. The van der Waals surface area contributed by atoms with Crippen molar-refractivity contribution in [3.8, 4) is 11.5 Å². The zero-order valence-electron chi connectivity index (χ0n) is 17.6. The maximum atomic E-state index is 13.0. The van der Waals surface area contributed by atoms with Gasteiger partial charge in [0.25, 0.3) is 0 Å². The Labute approximate surface area is 196 Å². The van der Waals surface area contributed by atoms with Crippen molar-refractivity contribution in [1.82, 2.24) is 14.8 Å². The number of ether oxygens (including phenoxy) is 2. The first-order valence-electron chi connectivity index (χ1n) is 10.4. The third-order valence-electron chi connectivity index (χ3n) is 6.11. The molecule has 2 saturated heterocycles. The Hall–Kier alpha value is -2.83. The van der Waals surface area contributed by atoms with Gasteiger partial charge in [0.05, 0.1) is 31.3 Å². The molecule has 3 atom stereocenters. The molecule has 174 valence electrons. The zero-order chi connectivity index (χ0) is 23.3. The SMILES string of the molecule is COc1cc(C2c3sc(=O)n(CC(=O)N4CCOCC4)c3SC3C(=O)NC(=O)C32)ccc1O. The van der Waals surface area contributed by atoms with Gasteiger partial charge in [-0.1, -0.05) is 29.2 Å². The number of thiazole rings is 1. The monoisotopic (exact) mass is 491 g/mol. The smallest absolute Gasteiger partial charge is 0.308 e. The molecule has 0 saturated carbocycles. The van der Waals surface area contributed by atoms with Crippen molar-refractivity contribution >= 4 is 40.8 Å². The van der Waals surface area contributed by atoms with Crippen molar-refractivity contribution in [2.24, 2.45) is 5.92 Å². The Morgan fingerprint density at radius 1 is 1.24 bits per heavy atom.